The van der Waals surface area contributed by atoms with E-state index in [-0.39, 0.29) is 19.1 Å². The Hall–Kier alpha value is -1.98. The number of hydrogen-bond acceptors (Lipinski definition) is 3. The van der Waals surface area contributed by atoms with Crippen molar-refractivity contribution in [3.8, 4) is 0 Å². The highest BCUT2D eigenvalue weighted by molar-refractivity contribution is 5.80. The second-order valence-corrected chi connectivity index (χ2v) is 3.85. The second-order valence-electron chi connectivity index (χ2n) is 3.85. The summed E-state index contributed by atoms with van der Waals surface area (Å²) in [6.45, 7) is 3.45. The summed E-state index contributed by atoms with van der Waals surface area (Å²) in [6.07, 6.45) is 1.51. The van der Waals surface area contributed by atoms with Gasteiger partial charge >= 0.3 is 12.0 Å². The van der Waals surface area contributed by atoms with Gasteiger partial charge in [-0.25, -0.2) is 4.79 Å². The number of carbonyl (C=O) groups excluding carboxylic acids is 1. The number of carbonyl (C=O) groups is 2. The molecule has 2 amide bonds. The van der Waals surface area contributed by atoms with E-state index in [1.807, 2.05) is 0 Å². The third-order valence-electron chi connectivity index (χ3n) is 2.18. The number of furan rings is 1. The lowest BCUT2D eigenvalue weighted by Gasteiger charge is -2.24. The van der Waals surface area contributed by atoms with Crippen molar-refractivity contribution in [1.29, 1.82) is 0 Å². The van der Waals surface area contributed by atoms with Crippen LogP contribution in [0.2, 0.25) is 0 Å². The molecule has 94 valence electrons. The summed E-state index contributed by atoms with van der Waals surface area (Å²) in [5, 5.41) is 11.3. The van der Waals surface area contributed by atoms with Crippen molar-refractivity contribution < 1.29 is 19.1 Å². The topological polar surface area (TPSA) is 82.8 Å². The first kappa shape index (κ1) is 13.1. The summed E-state index contributed by atoms with van der Waals surface area (Å²) in [5.74, 6) is -0.413. The van der Waals surface area contributed by atoms with Crippen LogP contribution >= 0.6 is 0 Å². The highest BCUT2D eigenvalue weighted by Gasteiger charge is 2.19. The number of nitrogens with zero attached hydrogens (tertiary/aromatic N) is 1. The van der Waals surface area contributed by atoms with E-state index >= 15 is 0 Å². The maximum atomic E-state index is 11.7. The van der Waals surface area contributed by atoms with Crippen LogP contribution in [0.25, 0.3) is 0 Å². The normalized spacial score (nSPS) is 10.3. The zero-order chi connectivity index (χ0) is 12.8. The van der Waals surface area contributed by atoms with Crippen molar-refractivity contribution in [3.63, 3.8) is 0 Å². The van der Waals surface area contributed by atoms with E-state index in [2.05, 4.69) is 5.32 Å². The van der Waals surface area contributed by atoms with E-state index in [1.165, 1.54) is 11.2 Å². The van der Waals surface area contributed by atoms with Crippen LogP contribution < -0.4 is 5.32 Å². The van der Waals surface area contributed by atoms with Gasteiger partial charge in [0.2, 0.25) is 0 Å². The fraction of sp³-hybridized carbons (Fsp3) is 0.455. The van der Waals surface area contributed by atoms with Crippen molar-refractivity contribution in [2.75, 3.05) is 6.54 Å². The number of aliphatic carboxylic acids is 1. The van der Waals surface area contributed by atoms with Crippen molar-refractivity contribution >= 4 is 12.0 Å². The Balaban J connectivity index is 2.50. The lowest BCUT2D eigenvalue weighted by Crippen LogP contribution is -2.46. The fourth-order valence-corrected chi connectivity index (χ4v) is 1.31. The van der Waals surface area contributed by atoms with Gasteiger partial charge in [-0.3, -0.25) is 4.79 Å². The van der Waals surface area contributed by atoms with Gasteiger partial charge < -0.3 is 19.7 Å². The Kier molecular flexibility index (Phi) is 4.56. The van der Waals surface area contributed by atoms with Crippen LogP contribution in [0, 0.1) is 0 Å². The minimum Gasteiger partial charge on any atom is -0.480 e. The Morgan fingerprint density at radius 2 is 2.24 bits per heavy atom. The lowest BCUT2D eigenvalue weighted by atomic mass is 10.3. The standard InChI is InChI=1S/C11H16N2O4/c1-8(2)13(7-10(14)15)11(16)12-6-9-4-3-5-17-9/h3-5,8H,6-7H2,1-2H3,(H,12,16)(H,14,15). The van der Waals surface area contributed by atoms with Gasteiger partial charge in [0.1, 0.15) is 12.3 Å². The number of hydrogen-bond donors (Lipinski definition) is 2. The highest BCUT2D eigenvalue weighted by atomic mass is 16.4. The van der Waals surface area contributed by atoms with Crippen LogP contribution in [0.3, 0.4) is 0 Å². The van der Waals surface area contributed by atoms with Gasteiger partial charge in [-0.1, -0.05) is 0 Å². The second kappa shape index (κ2) is 5.93. The van der Waals surface area contributed by atoms with E-state index in [9.17, 15) is 9.59 Å². The molecule has 6 nitrogen and oxygen atoms in total. The molecule has 0 radical (unpaired) electrons. The van der Waals surface area contributed by atoms with E-state index < -0.39 is 12.0 Å². The Labute approximate surface area is 99.2 Å². The predicted octanol–water partition coefficient (Wildman–Crippen LogP) is 1.28. The van der Waals surface area contributed by atoms with Gasteiger partial charge in [0, 0.05) is 6.04 Å². The van der Waals surface area contributed by atoms with Gasteiger partial charge in [-0.2, -0.15) is 0 Å². The fourth-order valence-electron chi connectivity index (χ4n) is 1.31. The first-order valence-corrected chi connectivity index (χ1v) is 5.29. The van der Waals surface area contributed by atoms with E-state index in [1.54, 1.807) is 26.0 Å². The molecule has 1 aromatic heterocycles. The number of amides is 2. The summed E-state index contributed by atoms with van der Waals surface area (Å²) in [7, 11) is 0. The third kappa shape index (κ3) is 4.18. The van der Waals surface area contributed by atoms with Crippen molar-refractivity contribution in [2.45, 2.75) is 26.4 Å². The van der Waals surface area contributed by atoms with Crippen LogP contribution in [0.4, 0.5) is 4.79 Å². The molecule has 1 heterocycles. The van der Waals surface area contributed by atoms with Gasteiger partial charge in [-0.15, -0.1) is 0 Å². The summed E-state index contributed by atoms with van der Waals surface area (Å²) >= 11 is 0. The molecule has 6 heteroatoms. The highest BCUT2D eigenvalue weighted by Crippen LogP contribution is 2.02. The number of rotatable bonds is 5. The number of nitrogens with one attached hydrogen (secondary N) is 1. The van der Waals surface area contributed by atoms with Gasteiger partial charge in [0.25, 0.3) is 0 Å². The molecule has 0 fully saturated rings. The minimum atomic E-state index is -1.04. The molecule has 2 N–H and O–H groups in total. The van der Waals surface area contributed by atoms with Crippen LogP contribution in [-0.2, 0) is 11.3 Å². The Morgan fingerprint density at radius 3 is 2.71 bits per heavy atom. The van der Waals surface area contributed by atoms with Gasteiger partial charge in [-0.05, 0) is 26.0 Å². The predicted molar refractivity (Wildman–Crippen MR) is 60.4 cm³/mol. The van der Waals surface area contributed by atoms with Crippen LogP contribution in [0.5, 0.6) is 0 Å². The molecule has 0 spiro atoms. The van der Waals surface area contributed by atoms with Crippen LogP contribution in [0.15, 0.2) is 22.8 Å². The molecule has 0 aliphatic heterocycles. The monoisotopic (exact) mass is 240 g/mol. The lowest BCUT2D eigenvalue weighted by molar-refractivity contribution is -0.138. The molecule has 0 aromatic carbocycles. The van der Waals surface area contributed by atoms with Gasteiger partial charge in [0.05, 0.1) is 12.8 Å². The van der Waals surface area contributed by atoms with E-state index in [0.717, 1.165) is 0 Å². The zero-order valence-electron chi connectivity index (χ0n) is 9.84. The van der Waals surface area contributed by atoms with Crippen molar-refractivity contribution in [1.82, 2.24) is 10.2 Å². The average molecular weight is 240 g/mol. The maximum absolute atomic E-state index is 11.7. The molecule has 0 saturated carbocycles. The SMILES string of the molecule is CC(C)N(CC(=O)O)C(=O)NCc1ccco1. The summed E-state index contributed by atoms with van der Waals surface area (Å²) in [4.78, 5) is 23.6. The van der Waals surface area contributed by atoms with E-state index in [0.29, 0.717) is 5.76 Å². The number of carboxylic acid groups (broad SMARTS) is 1. The molecule has 0 saturated heterocycles. The molecule has 0 atom stereocenters. The smallest absolute Gasteiger partial charge is 0.323 e. The summed E-state index contributed by atoms with van der Waals surface area (Å²) < 4.78 is 5.06. The van der Waals surface area contributed by atoms with Crippen LogP contribution in [-0.4, -0.2) is 34.6 Å². The first-order valence-electron chi connectivity index (χ1n) is 5.29. The maximum Gasteiger partial charge on any atom is 0.323 e. The number of urea groups is 1. The quantitative estimate of drug-likeness (QED) is 0.812. The molecule has 0 aliphatic carbocycles. The molecule has 0 bridgehead atoms. The van der Waals surface area contributed by atoms with Crippen molar-refractivity contribution in [2.24, 2.45) is 0 Å². The Morgan fingerprint density at radius 1 is 1.53 bits per heavy atom. The third-order valence-corrected chi connectivity index (χ3v) is 2.18. The minimum absolute atomic E-state index is 0.178. The molecule has 0 aliphatic rings. The molecule has 1 aromatic rings. The largest absolute Gasteiger partial charge is 0.480 e. The van der Waals surface area contributed by atoms with Crippen molar-refractivity contribution in [3.05, 3.63) is 24.2 Å². The molecule has 1 rings (SSSR count). The first-order chi connectivity index (χ1) is 8.00. The van der Waals surface area contributed by atoms with E-state index in [4.69, 9.17) is 9.52 Å². The van der Waals surface area contributed by atoms with Crippen LogP contribution in [0.1, 0.15) is 19.6 Å². The van der Waals surface area contributed by atoms with Gasteiger partial charge in [0.15, 0.2) is 0 Å². The Bertz CT molecular complexity index is 373. The molecule has 17 heavy (non-hydrogen) atoms. The zero-order valence-corrected chi connectivity index (χ0v) is 9.84. The number of carboxylic acids is 1. The molecular weight excluding hydrogens is 224 g/mol. The molecule has 0 unspecified atom stereocenters. The summed E-state index contributed by atoms with van der Waals surface area (Å²) in [6, 6.07) is 2.86. The summed E-state index contributed by atoms with van der Waals surface area (Å²) in [5.41, 5.74) is 0. The average Bonchev–Trinajstić information content (AvgIpc) is 2.74. The molecular formula is C11H16N2O4.